The smallest absolute Gasteiger partial charge is 0.163 e. The summed E-state index contributed by atoms with van der Waals surface area (Å²) in [5.41, 5.74) is 0.808. The van der Waals surface area contributed by atoms with E-state index in [0.717, 1.165) is 27.2 Å². The zero-order valence-corrected chi connectivity index (χ0v) is 15.0. The van der Waals surface area contributed by atoms with Gasteiger partial charge in [0.05, 0.1) is 10.9 Å². The molecular formula is C22H17N5O. The normalized spacial score (nSPS) is 17.4. The highest BCUT2D eigenvalue weighted by atomic mass is 16.5. The third kappa shape index (κ3) is 4.24. The quantitative estimate of drug-likeness (QED) is 0.613. The van der Waals surface area contributed by atoms with E-state index in [4.69, 9.17) is 9.73 Å². The second-order valence-corrected chi connectivity index (χ2v) is 5.85. The van der Waals surface area contributed by atoms with Crippen LogP contribution in [0.25, 0.3) is 17.1 Å². The lowest BCUT2D eigenvalue weighted by Crippen LogP contribution is -2.23. The van der Waals surface area contributed by atoms with Crippen LogP contribution < -0.4 is 15.3 Å². The molecule has 0 N–H and O–H groups in total. The zero-order valence-electron chi connectivity index (χ0n) is 15.0. The topological polar surface area (TPSA) is 72.1 Å². The zero-order chi connectivity index (χ0) is 19.0. The van der Waals surface area contributed by atoms with Gasteiger partial charge in [0, 0.05) is 35.4 Å². The molecule has 2 aromatic carbocycles. The number of ether oxygens (including phenoxy) is 1. The molecule has 0 spiro atoms. The van der Waals surface area contributed by atoms with Crippen molar-refractivity contribution in [2.75, 3.05) is 6.61 Å². The summed E-state index contributed by atoms with van der Waals surface area (Å²) < 4.78 is 5.79. The first kappa shape index (κ1) is 17.5. The highest BCUT2D eigenvalue weighted by Crippen LogP contribution is 2.25. The van der Waals surface area contributed by atoms with Gasteiger partial charge in [0.1, 0.15) is 18.7 Å². The van der Waals surface area contributed by atoms with Crippen molar-refractivity contribution in [3.63, 3.8) is 0 Å². The van der Waals surface area contributed by atoms with E-state index in [1.165, 1.54) is 6.33 Å². The molecule has 0 amide bonds. The van der Waals surface area contributed by atoms with Gasteiger partial charge in [0.25, 0.3) is 0 Å². The third-order valence-corrected chi connectivity index (χ3v) is 3.96. The van der Waals surface area contributed by atoms with Crippen LogP contribution >= 0.6 is 0 Å². The van der Waals surface area contributed by atoms with Crippen LogP contribution in [0.3, 0.4) is 0 Å². The van der Waals surface area contributed by atoms with Gasteiger partial charge in [-0.15, -0.1) is 0 Å². The van der Waals surface area contributed by atoms with Crippen LogP contribution in [0, 0.1) is 0 Å². The summed E-state index contributed by atoms with van der Waals surface area (Å²) in [5.74, 6) is 1.31. The van der Waals surface area contributed by atoms with Crippen LogP contribution in [0.4, 0.5) is 5.82 Å². The molecule has 0 aliphatic carbocycles. The molecule has 28 heavy (non-hydrogen) atoms. The molecule has 1 aliphatic heterocycles. The molecule has 2 bridgehead atoms. The Bertz CT molecular complexity index is 1230. The number of fused-ring (bicyclic) bond motifs is 2. The number of hydrogen-bond acceptors (Lipinski definition) is 6. The molecule has 0 saturated carbocycles. The van der Waals surface area contributed by atoms with Gasteiger partial charge in [-0.3, -0.25) is 9.98 Å². The highest BCUT2D eigenvalue weighted by molar-refractivity contribution is 5.88. The number of hydrogen-bond donors (Lipinski definition) is 0. The van der Waals surface area contributed by atoms with E-state index >= 15 is 0 Å². The van der Waals surface area contributed by atoms with E-state index in [1.54, 1.807) is 30.9 Å². The minimum atomic E-state index is 0.431. The molecule has 136 valence electrons. The van der Waals surface area contributed by atoms with Crippen molar-refractivity contribution in [2.24, 2.45) is 15.0 Å². The maximum Gasteiger partial charge on any atom is 0.163 e. The van der Waals surface area contributed by atoms with Crippen molar-refractivity contribution in [1.29, 1.82) is 0 Å². The fourth-order valence-electron chi connectivity index (χ4n) is 2.63. The summed E-state index contributed by atoms with van der Waals surface area (Å²) in [6.07, 6.45) is 13.8. The predicted molar refractivity (Wildman–Crippen MR) is 112 cm³/mol. The summed E-state index contributed by atoms with van der Waals surface area (Å²) >= 11 is 0. The lowest BCUT2D eigenvalue weighted by Gasteiger charge is -2.06. The molecule has 6 heteroatoms. The maximum absolute atomic E-state index is 5.79. The van der Waals surface area contributed by atoms with Crippen LogP contribution in [-0.4, -0.2) is 29.0 Å². The Kier molecular flexibility index (Phi) is 5.39. The van der Waals surface area contributed by atoms with Crippen molar-refractivity contribution in [2.45, 2.75) is 0 Å². The van der Waals surface area contributed by atoms with Gasteiger partial charge in [-0.25, -0.2) is 15.0 Å². The predicted octanol–water partition coefficient (Wildman–Crippen LogP) is 2.92. The SMILES string of the molecule is C1=CCOc2ccc3ncnc(c3c2)N=c2cccc\c2=C/N=C\C=C/N=C1. The first-order chi connectivity index (χ1) is 13.9. The number of aliphatic imine (C=N–C) groups is 2. The molecule has 0 unspecified atom stereocenters. The van der Waals surface area contributed by atoms with Crippen LogP contribution in [0.5, 0.6) is 5.75 Å². The molecule has 2 heterocycles. The van der Waals surface area contributed by atoms with E-state index in [2.05, 4.69) is 20.0 Å². The molecule has 4 rings (SSSR count). The van der Waals surface area contributed by atoms with Gasteiger partial charge in [-0.05, 0) is 42.5 Å². The largest absolute Gasteiger partial charge is 0.490 e. The Morgan fingerprint density at radius 2 is 1.82 bits per heavy atom. The lowest BCUT2D eigenvalue weighted by molar-refractivity contribution is 0.363. The van der Waals surface area contributed by atoms with Crippen LogP contribution in [-0.2, 0) is 0 Å². The summed E-state index contributed by atoms with van der Waals surface area (Å²) in [7, 11) is 0. The number of rotatable bonds is 0. The van der Waals surface area contributed by atoms with E-state index in [-0.39, 0.29) is 0 Å². The molecule has 0 saturated heterocycles. The molecule has 0 atom stereocenters. The molecule has 6 nitrogen and oxygen atoms in total. The Morgan fingerprint density at radius 1 is 0.893 bits per heavy atom. The fourth-order valence-corrected chi connectivity index (χ4v) is 2.63. The van der Waals surface area contributed by atoms with Crippen LogP contribution in [0.1, 0.15) is 0 Å². The summed E-state index contributed by atoms with van der Waals surface area (Å²) in [6.45, 7) is 0.431. The molecule has 0 radical (unpaired) electrons. The Balaban J connectivity index is 1.91. The lowest BCUT2D eigenvalue weighted by atomic mass is 10.2. The molecule has 3 aromatic rings. The average molecular weight is 367 g/mol. The van der Waals surface area contributed by atoms with E-state index in [1.807, 2.05) is 54.6 Å². The number of allylic oxidation sites excluding steroid dienone is 2. The van der Waals surface area contributed by atoms with Gasteiger partial charge in [0.2, 0.25) is 0 Å². The molecule has 0 fully saturated rings. The van der Waals surface area contributed by atoms with Gasteiger partial charge in [-0.2, -0.15) is 0 Å². The second-order valence-electron chi connectivity index (χ2n) is 5.85. The molecular weight excluding hydrogens is 350 g/mol. The number of benzene rings is 2. The van der Waals surface area contributed by atoms with E-state index in [9.17, 15) is 0 Å². The Hall–Kier alpha value is -3.93. The number of nitrogens with zero attached hydrogens (tertiary/aromatic N) is 5. The fraction of sp³-hybridized carbons (Fsp3) is 0.0455. The number of para-hydroxylation sites is 1. The Labute approximate surface area is 161 Å². The first-order valence-corrected chi connectivity index (χ1v) is 8.78. The average Bonchev–Trinajstić information content (AvgIpc) is 2.73. The minimum absolute atomic E-state index is 0.431. The third-order valence-electron chi connectivity index (χ3n) is 3.96. The van der Waals surface area contributed by atoms with Gasteiger partial charge < -0.3 is 4.74 Å². The van der Waals surface area contributed by atoms with Gasteiger partial charge >= 0.3 is 0 Å². The second kappa shape index (κ2) is 8.64. The standard InChI is InChI=1S/C22H17N5O/c1-2-7-20-17(6-1)15-24-12-5-11-23-10-3-4-13-28-18-8-9-21-19(14-18)22(27-20)26-16-25-21/h1-12,14-16H,13H2/b4-3?,11-5-,17-15+,23-10?,24-12-,27-20?. The first-order valence-electron chi connectivity index (χ1n) is 8.78. The van der Waals surface area contributed by atoms with Crippen molar-refractivity contribution in [3.05, 3.63) is 83.8 Å². The van der Waals surface area contributed by atoms with Crippen molar-refractivity contribution < 1.29 is 4.74 Å². The van der Waals surface area contributed by atoms with Crippen LogP contribution in [0.15, 0.2) is 88.2 Å². The van der Waals surface area contributed by atoms with Crippen molar-refractivity contribution in [1.82, 2.24) is 9.97 Å². The summed E-state index contributed by atoms with van der Waals surface area (Å²) in [4.78, 5) is 21.9. The van der Waals surface area contributed by atoms with E-state index in [0.29, 0.717) is 12.4 Å². The van der Waals surface area contributed by atoms with Crippen molar-refractivity contribution in [3.8, 4) is 5.75 Å². The van der Waals surface area contributed by atoms with Gasteiger partial charge in [0.15, 0.2) is 5.82 Å². The van der Waals surface area contributed by atoms with Crippen molar-refractivity contribution >= 4 is 35.3 Å². The monoisotopic (exact) mass is 367 g/mol. The summed E-state index contributed by atoms with van der Waals surface area (Å²) in [5, 5.41) is 2.49. The molecule has 1 aromatic heterocycles. The maximum atomic E-state index is 5.79. The summed E-state index contributed by atoms with van der Waals surface area (Å²) in [6, 6.07) is 13.5. The van der Waals surface area contributed by atoms with Crippen LogP contribution in [0.2, 0.25) is 0 Å². The number of aromatic nitrogens is 2. The van der Waals surface area contributed by atoms with E-state index < -0.39 is 0 Å². The van der Waals surface area contributed by atoms with Gasteiger partial charge in [-0.1, -0.05) is 18.2 Å². The minimum Gasteiger partial charge on any atom is -0.490 e. The molecule has 1 aliphatic rings. The Morgan fingerprint density at radius 3 is 2.82 bits per heavy atom. The highest BCUT2D eigenvalue weighted by Gasteiger charge is 2.04.